The molecule has 270 valence electrons. The highest BCUT2D eigenvalue weighted by molar-refractivity contribution is 5.99. The molecule has 1 aromatic carbocycles. The number of benzene rings is 1. The summed E-state index contributed by atoms with van der Waals surface area (Å²) in [4.78, 5) is 75.5. The molecule has 2 aliphatic carbocycles. The second kappa shape index (κ2) is 15.6. The predicted octanol–water partition coefficient (Wildman–Crippen LogP) is 2.14. The Labute approximate surface area is 291 Å². The van der Waals surface area contributed by atoms with E-state index in [0.29, 0.717) is 49.5 Å². The van der Waals surface area contributed by atoms with E-state index in [1.54, 1.807) is 27.7 Å². The van der Waals surface area contributed by atoms with E-state index in [9.17, 15) is 29.1 Å². The first kappa shape index (κ1) is 35.4. The number of carbonyl (C=O) groups excluding carboxylic acids is 5. The molecule has 2 aliphatic heterocycles. The third-order valence-electron chi connectivity index (χ3n) is 10.1. The van der Waals surface area contributed by atoms with Crippen LogP contribution in [0.3, 0.4) is 0 Å². The van der Waals surface area contributed by atoms with Crippen molar-refractivity contribution in [3.05, 3.63) is 35.5 Å². The first-order chi connectivity index (χ1) is 24.1. The number of aliphatic hydroxyl groups is 1. The first-order valence-electron chi connectivity index (χ1n) is 17.9. The Morgan fingerprint density at radius 1 is 0.940 bits per heavy atom. The van der Waals surface area contributed by atoms with Crippen molar-refractivity contribution in [1.82, 2.24) is 30.3 Å². The van der Waals surface area contributed by atoms with Gasteiger partial charge in [-0.05, 0) is 88.8 Å². The van der Waals surface area contributed by atoms with Crippen LogP contribution in [0.1, 0.15) is 74.3 Å². The fourth-order valence-corrected chi connectivity index (χ4v) is 6.66. The molecule has 3 atom stereocenters. The number of amides is 5. The number of aliphatic hydroxyl groups excluding tert-OH is 1. The molecular formula is C36H48N6O8. The van der Waals surface area contributed by atoms with Crippen molar-refractivity contribution in [3.8, 4) is 5.75 Å². The maximum atomic E-state index is 13.7. The van der Waals surface area contributed by atoms with Gasteiger partial charge in [-0.3, -0.25) is 19.2 Å². The van der Waals surface area contributed by atoms with Crippen LogP contribution in [0, 0.1) is 12.8 Å². The van der Waals surface area contributed by atoms with E-state index in [1.165, 1.54) is 6.07 Å². The van der Waals surface area contributed by atoms with Crippen LogP contribution in [0.5, 0.6) is 5.75 Å². The molecule has 2 saturated heterocycles. The van der Waals surface area contributed by atoms with E-state index >= 15 is 0 Å². The number of hydrogen-bond acceptors (Lipinski definition) is 9. The number of aryl methyl sites for hydroxylation is 1. The number of likely N-dealkylation sites (tertiary alicyclic amines) is 1. The number of pyridine rings is 1. The number of nitrogens with zero attached hydrogens (tertiary/aromatic N) is 4. The lowest BCUT2D eigenvalue weighted by atomic mass is 9.93. The minimum atomic E-state index is -1.03. The molecule has 1 aromatic heterocycles. The zero-order chi connectivity index (χ0) is 35.4. The van der Waals surface area contributed by atoms with Crippen molar-refractivity contribution < 1.29 is 38.6 Å². The highest BCUT2D eigenvalue weighted by atomic mass is 16.6. The van der Waals surface area contributed by atoms with Crippen LogP contribution in [0.25, 0.3) is 10.9 Å². The van der Waals surface area contributed by atoms with E-state index in [2.05, 4.69) is 15.6 Å². The molecule has 0 spiro atoms. The van der Waals surface area contributed by atoms with E-state index < -0.39 is 24.1 Å². The van der Waals surface area contributed by atoms with Crippen LogP contribution < -0.4 is 15.4 Å². The molecule has 0 radical (unpaired) electrons. The number of ether oxygens (including phenoxy) is 2. The van der Waals surface area contributed by atoms with Gasteiger partial charge >= 0.3 is 6.09 Å². The summed E-state index contributed by atoms with van der Waals surface area (Å²) in [7, 11) is 0. The van der Waals surface area contributed by atoms with Gasteiger partial charge in [-0.15, -0.1) is 0 Å². The molecule has 4 aliphatic rings. The molecule has 0 bridgehead atoms. The number of rotatable bonds is 12. The molecule has 50 heavy (non-hydrogen) atoms. The Bertz CT molecular complexity index is 1600. The SMILES string of the molecule is Cc1ccc2c(O[C@H](C)C(=O)N3CCCC3C(=O)NC3CCC3)cc(C(=O)NC(CCO)C(=O)N3CCN(C(=O)OCC4CC4)CC3)nc2c1. The van der Waals surface area contributed by atoms with Crippen molar-refractivity contribution >= 4 is 40.6 Å². The summed E-state index contributed by atoms with van der Waals surface area (Å²) in [6, 6.07) is 5.56. The van der Waals surface area contributed by atoms with E-state index in [0.717, 1.165) is 44.1 Å². The van der Waals surface area contributed by atoms with Crippen LogP contribution in [0.2, 0.25) is 0 Å². The average Bonchev–Trinajstić information content (AvgIpc) is 3.80. The van der Waals surface area contributed by atoms with Crippen molar-refractivity contribution in [2.24, 2.45) is 5.92 Å². The zero-order valence-corrected chi connectivity index (χ0v) is 28.9. The van der Waals surface area contributed by atoms with Crippen molar-refractivity contribution in [2.75, 3.05) is 45.9 Å². The Balaban J connectivity index is 1.12. The van der Waals surface area contributed by atoms with Gasteiger partial charge < -0.3 is 39.9 Å². The van der Waals surface area contributed by atoms with Crippen LogP contribution >= 0.6 is 0 Å². The fraction of sp³-hybridized carbons (Fsp3) is 0.611. The van der Waals surface area contributed by atoms with Crippen LogP contribution in [0.15, 0.2) is 24.3 Å². The maximum Gasteiger partial charge on any atom is 0.409 e. The predicted molar refractivity (Wildman–Crippen MR) is 182 cm³/mol. The van der Waals surface area contributed by atoms with Crippen molar-refractivity contribution in [1.29, 1.82) is 0 Å². The number of carbonyl (C=O) groups is 5. The standard InChI is InChI=1S/C36H48N6O8/c1-22-8-11-26-28(19-22)38-29(20-31(26)50-23(2)34(46)42-13-4-7-30(42)33(45)37-25-5-3-6-25)32(44)39-27(12-18-43)35(47)40-14-16-41(17-15-40)36(48)49-21-24-9-10-24/h8,11,19-20,23-25,27,30,43H,3-7,9-10,12-18,21H2,1-2H3,(H,37,45)(H,39,44)/t23-,27?,30?/m1/s1. The number of piperazine rings is 1. The lowest BCUT2D eigenvalue weighted by Gasteiger charge is -2.36. The quantitative estimate of drug-likeness (QED) is 0.302. The highest BCUT2D eigenvalue weighted by Crippen LogP contribution is 2.30. The van der Waals surface area contributed by atoms with Crippen molar-refractivity contribution in [3.63, 3.8) is 0 Å². The van der Waals surface area contributed by atoms with Crippen LogP contribution in [0.4, 0.5) is 4.79 Å². The molecule has 14 heteroatoms. The van der Waals surface area contributed by atoms with Gasteiger partial charge in [-0.1, -0.05) is 6.07 Å². The van der Waals surface area contributed by atoms with Crippen molar-refractivity contribution in [2.45, 2.75) is 89.4 Å². The molecule has 5 amide bonds. The van der Waals surface area contributed by atoms with Gasteiger partial charge in [0.1, 0.15) is 23.5 Å². The van der Waals surface area contributed by atoms with Crippen LogP contribution in [-0.4, -0.2) is 125 Å². The largest absolute Gasteiger partial charge is 0.480 e. The van der Waals surface area contributed by atoms with Gasteiger partial charge in [0.2, 0.25) is 11.8 Å². The summed E-state index contributed by atoms with van der Waals surface area (Å²) in [6.45, 7) is 5.22. The van der Waals surface area contributed by atoms with Gasteiger partial charge in [0.25, 0.3) is 11.8 Å². The molecule has 2 unspecified atom stereocenters. The Morgan fingerprint density at radius 3 is 2.36 bits per heavy atom. The minimum absolute atomic E-state index is 0.0128. The van der Waals surface area contributed by atoms with Gasteiger partial charge in [-0.25, -0.2) is 9.78 Å². The molecule has 3 N–H and O–H groups in total. The second-order valence-electron chi connectivity index (χ2n) is 14.0. The number of hydrogen-bond donors (Lipinski definition) is 3. The third-order valence-corrected chi connectivity index (χ3v) is 10.1. The molecule has 14 nitrogen and oxygen atoms in total. The normalized spacial score (nSPS) is 20.5. The Hall–Kier alpha value is -4.46. The second-order valence-corrected chi connectivity index (χ2v) is 14.0. The number of aromatic nitrogens is 1. The summed E-state index contributed by atoms with van der Waals surface area (Å²) < 4.78 is 11.6. The topological polar surface area (TPSA) is 171 Å². The Morgan fingerprint density at radius 2 is 1.68 bits per heavy atom. The zero-order valence-electron chi connectivity index (χ0n) is 28.9. The lowest BCUT2D eigenvalue weighted by molar-refractivity contribution is -0.143. The number of nitrogens with one attached hydrogen (secondary N) is 2. The molecule has 4 fully saturated rings. The molecule has 2 aromatic rings. The lowest BCUT2D eigenvalue weighted by Crippen LogP contribution is -2.56. The van der Waals surface area contributed by atoms with Gasteiger partial charge in [0, 0.05) is 56.8 Å². The maximum absolute atomic E-state index is 13.7. The smallest absolute Gasteiger partial charge is 0.409 e. The average molecular weight is 693 g/mol. The van der Waals surface area contributed by atoms with E-state index in [4.69, 9.17) is 9.47 Å². The first-order valence-corrected chi connectivity index (χ1v) is 17.9. The third kappa shape index (κ3) is 8.28. The minimum Gasteiger partial charge on any atom is -0.480 e. The summed E-state index contributed by atoms with van der Waals surface area (Å²) in [5.74, 6) is -0.727. The van der Waals surface area contributed by atoms with E-state index in [1.807, 2.05) is 19.1 Å². The summed E-state index contributed by atoms with van der Waals surface area (Å²) in [6.07, 6.45) is 5.13. The number of fused-ring (bicyclic) bond motifs is 1. The monoisotopic (exact) mass is 692 g/mol. The molecule has 6 rings (SSSR count). The summed E-state index contributed by atoms with van der Waals surface area (Å²) in [5.41, 5.74) is 1.36. The Kier molecular flexibility index (Phi) is 11.0. The van der Waals surface area contributed by atoms with E-state index in [-0.39, 0.29) is 67.4 Å². The summed E-state index contributed by atoms with van der Waals surface area (Å²) >= 11 is 0. The molecular weight excluding hydrogens is 644 g/mol. The van der Waals surface area contributed by atoms with Gasteiger partial charge in [-0.2, -0.15) is 0 Å². The molecule has 2 saturated carbocycles. The summed E-state index contributed by atoms with van der Waals surface area (Å²) in [5, 5.41) is 16.2. The molecule has 3 heterocycles. The van der Waals surface area contributed by atoms with Gasteiger partial charge in [0.15, 0.2) is 6.10 Å². The van der Waals surface area contributed by atoms with Gasteiger partial charge in [0.05, 0.1) is 12.1 Å². The van der Waals surface area contributed by atoms with Crippen LogP contribution in [-0.2, 0) is 19.1 Å². The highest BCUT2D eigenvalue weighted by Gasteiger charge is 2.38. The fourth-order valence-electron chi connectivity index (χ4n) is 6.66.